The molecular formula is C17H17N5O3. The predicted molar refractivity (Wildman–Crippen MR) is 91.4 cm³/mol. The third kappa shape index (κ3) is 2.75. The third-order valence-electron chi connectivity index (χ3n) is 4.42. The van der Waals surface area contributed by atoms with E-state index in [4.69, 9.17) is 10.5 Å². The second-order valence-corrected chi connectivity index (χ2v) is 6.00. The van der Waals surface area contributed by atoms with Crippen LogP contribution in [0.3, 0.4) is 0 Å². The lowest BCUT2D eigenvalue weighted by Crippen LogP contribution is -2.40. The van der Waals surface area contributed by atoms with Crippen molar-refractivity contribution in [3.05, 3.63) is 36.3 Å². The zero-order valence-electron chi connectivity index (χ0n) is 13.5. The van der Waals surface area contributed by atoms with Gasteiger partial charge in [-0.15, -0.1) is 0 Å². The molecule has 0 aliphatic carbocycles. The van der Waals surface area contributed by atoms with Gasteiger partial charge in [-0.3, -0.25) is 14.8 Å². The van der Waals surface area contributed by atoms with Crippen LogP contribution in [0.2, 0.25) is 0 Å². The summed E-state index contributed by atoms with van der Waals surface area (Å²) in [7, 11) is 0. The molecule has 0 unspecified atom stereocenters. The molecule has 0 atom stereocenters. The Morgan fingerprint density at radius 2 is 2.00 bits per heavy atom. The van der Waals surface area contributed by atoms with E-state index in [9.17, 15) is 9.59 Å². The van der Waals surface area contributed by atoms with E-state index in [0.29, 0.717) is 31.2 Å². The van der Waals surface area contributed by atoms with Crippen molar-refractivity contribution in [1.82, 2.24) is 9.97 Å². The van der Waals surface area contributed by atoms with Crippen LogP contribution < -0.4 is 15.5 Å². The first kappa shape index (κ1) is 15.4. The second-order valence-electron chi connectivity index (χ2n) is 6.00. The molecule has 2 aliphatic heterocycles. The van der Waals surface area contributed by atoms with E-state index in [0.717, 1.165) is 29.5 Å². The van der Waals surface area contributed by atoms with Crippen molar-refractivity contribution in [2.24, 2.45) is 5.73 Å². The molecule has 3 amide bonds. The lowest BCUT2D eigenvalue weighted by molar-refractivity contribution is 0.181. The average molecular weight is 339 g/mol. The van der Waals surface area contributed by atoms with E-state index in [1.54, 1.807) is 23.5 Å². The van der Waals surface area contributed by atoms with Crippen LogP contribution in [0.15, 0.2) is 30.7 Å². The molecule has 4 heterocycles. The molecule has 0 spiro atoms. The number of aromatic nitrogens is 2. The first-order chi connectivity index (χ1) is 12.1. The number of primary amides is 1. The average Bonchev–Trinajstić information content (AvgIpc) is 3.06. The largest absolute Gasteiger partial charge is 0.447 e. The van der Waals surface area contributed by atoms with Crippen LogP contribution in [0.25, 0.3) is 11.1 Å². The molecule has 0 saturated carbocycles. The maximum atomic E-state index is 11.7. The summed E-state index contributed by atoms with van der Waals surface area (Å²) in [6.07, 6.45) is 6.38. The van der Waals surface area contributed by atoms with Crippen molar-refractivity contribution in [2.45, 2.75) is 12.8 Å². The molecule has 0 aromatic carbocycles. The van der Waals surface area contributed by atoms with Gasteiger partial charge in [-0.2, -0.15) is 0 Å². The molecule has 2 aromatic rings. The van der Waals surface area contributed by atoms with Crippen LogP contribution >= 0.6 is 0 Å². The van der Waals surface area contributed by atoms with E-state index in [2.05, 4.69) is 9.97 Å². The fourth-order valence-electron chi connectivity index (χ4n) is 3.20. The summed E-state index contributed by atoms with van der Waals surface area (Å²) in [6, 6.07) is 3.40. The molecule has 8 heteroatoms. The molecule has 8 nitrogen and oxygen atoms in total. The zero-order valence-corrected chi connectivity index (χ0v) is 13.5. The summed E-state index contributed by atoms with van der Waals surface area (Å²) in [5, 5.41) is 0. The Morgan fingerprint density at radius 1 is 1.16 bits per heavy atom. The number of urea groups is 1. The van der Waals surface area contributed by atoms with E-state index >= 15 is 0 Å². The number of anilines is 2. The van der Waals surface area contributed by atoms with Gasteiger partial charge in [0.1, 0.15) is 12.4 Å². The van der Waals surface area contributed by atoms with Gasteiger partial charge < -0.3 is 10.5 Å². The van der Waals surface area contributed by atoms with Gasteiger partial charge in [0, 0.05) is 30.1 Å². The van der Waals surface area contributed by atoms with Crippen LogP contribution in [0.1, 0.15) is 12.0 Å². The summed E-state index contributed by atoms with van der Waals surface area (Å²) >= 11 is 0. The SMILES string of the molecule is NC(=O)N1CCCc2cc(-c3cncc(N4CCOC4=O)c3)cnc21. The van der Waals surface area contributed by atoms with Crippen LogP contribution in [0, 0.1) is 0 Å². The highest BCUT2D eigenvalue weighted by Gasteiger charge is 2.25. The molecular weight excluding hydrogens is 322 g/mol. The molecule has 1 fully saturated rings. The highest BCUT2D eigenvalue weighted by Crippen LogP contribution is 2.30. The minimum Gasteiger partial charge on any atom is -0.447 e. The molecule has 0 bridgehead atoms. The molecule has 2 aliphatic rings. The van der Waals surface area contributed by atoms with Gasteiger partial charge in [-0.05, 0) is 30.5 Å². The number of nitrogens with two attached hydrogens (primary N) is 1. The monoisotopic (exact) mass is 339 g/mol. The number of carbonyl (C=O) groups excluding carboxylic acids is 2. The molecule has 25 heavy (non-hydrogen) atoms. The van der Waals surface area contributed by atoms with E-state index in [1.165, 1.54) is 4.90 Å². The number of hydrogen-bond acceptors (Lipinski definition) is 5. The Kier molecular flexibility index (Phi) is 3.72. The fourth-order valence-corrected chi connectivity index (χ4v) is 3.20. The molecule has 4 rings (SSSR count). The van der Waals surface area contributed by atoms with Crippen LogP contribution in [-0.2, 0) is 11.2 Å². The smallest absolute Gasteiger partial charge is 0.414 e. The van der Waals surface area contributed by atoms with Crippen molar-refractivity contribution in [1.29, 1.82) is 0 Å². The second kappa shape index (κ2) is 6.04. The van der Waals surface area contributed by atoms with Crippen LogP contribution in [0.5, 0.6) is 0 Å². The molecule has 2 aromatic heterocycles. The molecule has 0 radical (unpaired) electrons. The maximum absolute atomic E-state index is 11.7. The summed E-state index contributed by atoms with van der Waals surface area (Å²) in [6.45, 7) is 1.48. The third-order valence-corrected chi connectivity index (χ3v) is 4.42. The number of fused-ring (bicyclic) bond motifs is 1. The van der Waals surface area contributed by atoms with Gasteiger partial charge >= 0.3 is 12.1 Å². The normalized spacial score (nSPS) is 16.6. The Labute approximate surface area is 144 Å². The van der Waals surface area contributed by atoms with Crippen molar-refractivity contribution >= 4 is 23.6 Å². The van der Waals surface area contributed by atoms with Gasteiger partial charge in [0.2, 0.25) is 0 Å². The summed E-state index contributed by atoms with van der Waals surface area (Å²) < 4.78 is 4.97. The number of amides is 3. The van der Waals surface area contributed by atoms with E-state index in [-0.39, 0.29) is 6.09 Å². The van der Waals surface area contributed by atoms with Gasteiger partial charge in [0.05, 0.1) is 18.4 Å². The number of pyridine rings is 2. The number of cyclic esters (lactones) is 1. The van der Waals surface area contributed by atoms with Gasteiger partial charge in [0.15, 0.2) is 0 Å². The quantitative estimate of drug-likeness (QED) is 0.901. The van der Waals surface area contributed by atoms with Gasteiger partial charge in [0.25, 0.3) is 0 Å². The Balaban J connectivity index is 1.69. The Morgan fingerprint density at radius 3 is 2.76 bits per heavy atom. The molecule has 128 valence electrons. The summed E-state index contributed by atoms with van der Waals surface area (Å²) in [4.78, 5) is 35.0. The number of hydrogen-bond donors (Lipinski definition) is 1. The van der Waals surface area contributed by atoms with Crippen LogP contribution in [-0.4, -0.2) is 41.8 Å². The number of nitrogens with zero attached hydrogens (tertiary/aromatic N) is 4. The minimum atomic E-state index is -0.489. The highest BCUT2D eigenvalue weighted by atomic mass is 16.6. The summed E-state index contributed by atoms with van der Waals surface area (Å²) in [5.74, 6) is 0.620. The molecule has 1 saturated heterocycles. The minimum absolute atomic E-state index is 0.361. The topological polar surface area (TPSA) is 102 Å². The maximum Gasteiger partial charge on any atom is 0.414 e. The van der Waals surface area contributed by atoms with Crippen molar-refractivity contribution in [3.8, 4) is 11.1 Å². The van der Waals surface area contributed by atoms with E-state index in [1.807, 2.05) is 12.1 Å². The standard InChI is InChI=1S/C17H17N5O3/c18-16(23)22-3-1-2-11-6-12(9-20-15(11)22)13-7-14(10-19-8-13)21-4-5-25-17(21)24/h6-10H,1-5H2,(H2,18,23). The number of aryl methyl sites for hydroxylation is 1. The number of rotatable bonds is 2. The number of carbonyl (C=O) groups is 2. The lowest BCUT2D eigenvalue weighted by Gasteiger charge is -2.27. The zero-order chi connectivity index (χ0) is 17.4. The van der Waals surface area contributed by atoms with Gasteiger partial charge in [-0.25, -0.2) is 14.6 Å². The first-order valence-corrected chi connectivity index (χ1v) is 8.09. The molecule has 2 N–H and O–H groups in total. The van der Waals surface area contributed by atoms with Crippen molar-refractivity contribution in [3.63, 3.8) is 0 Å². The summed E-state index contributed by atoms with van der Waals surface area (Å²) in [5.41, 5.74) is 8.83. The lowest BCUT2D eigenvalue weighted by atomic mass is 10.0. The first-order valence-electron chi connectivity index (χ1n) is 8.09. The fraction of sp³-hybridized carbons (Fsp3) is 0.294. The van der Waals surface area contributed by atoms with Crippen molar-refractivity contribution in [2.75, 3.05) is 29.5 Å². The van der Waals surface area contributed by atoms with Crippen molar-refractivity contribution < 1.29 is 14.3 Å². The highest BCUT2D eigenvalue weighted by molar-refractivity contribution is 5.92. The predicted octanol–water partition coefficient (Wildman–Crippen LogP) is 1.93. The number of ether oxygens (including phenoxy) is 1. The van der Waals surface area contributed by atoms with Crippen LogP contribution in [0.4, 0.5) is 21.1 Å². The Bertz CT molecular complexity index is 854. The van der Waals surface area contributed by atoms with Gasteiger partial charge in [-0.1, -0.05) is 0 Å². The van der Waals surface area contributed by atoms with E-state index < -0.39 is 6.03 Å². The Hall–Kier alpha value is -3.16.